The van der Waals surface area contributed by atoms with Crippen LogP contribution in [0.2, 0.25) is 0 Å². The SMILES string of the molecule is CCC1OCCc2sc(I)cc21. The summed E-state index contributed by atoms with van der Waals surface area (Å²) in [7, 11) is 0. The predicted molar refractivity (Wildman–Crippen MR) is 59.7 cm³/mol. The molecule has 2 rings (SSSR count). The van der Waals surface area contributed by atoms with Gasteiger partial charge in [-0.1, -0.05) is 6.92 Å². The van der Waals surface area contributed by atoms with E-state index in [9.17, 15) is 0 Å². The largest absolute Gasteiger partial charge is 0.373 e. The quantitative estimate of drug-likeness (QED) is 0.722. The van der Waals surface area contributed by atoms with Gasteiger partial charge in [-0.05, 0) is 40.6 Å². The first kappa shape index (κ1) is 8.97. The molecule has 0 amide bonds. The first-order valence-corrected chi connectivity index (χ1v) is 6.10. The number of ether oxygens (including phenoxy) is 1. The standard InChI is InChI=1S/C9H11IOS/c1-2-7-6-5-9(10)12-8(6)3-4-11-7/h5,7H,2-4H2,1H3. The minimum absolute atomic E-state index is 0.369. The molecule has 0 N–H and O–H groups in total. The van der Waals surface area contributed by atoms with E-state index in [2.05, 4.69) is 35.6 Å². The number of thiophene rings is 1. The van der Waals surface area contributed by atoms with Gasteiger partial charge in [-0.15, -0.1) is 11.3 Å². The summed E-state index contributed by atoms with van der Waals surface area (Å²) in [6, 6.07) is 2.27. The molecule has 3 heteroatoms. The maximum Gasteiger partial charge on any atom is 0.0833 e. The number of rotatable bonds is 1. The van der Waals surface area contributed by atoms with Crippen LogP contribution in [-0.2, 0) is 11.2 Å². The van der Waals surface area contributed by atoms with Crippen LogP contribution in [0.3, 0.4) is 0 Å². The fourth-order valence-corrected chi connectivity index (χ4v) is 3.65. The van der Waals surface area contributed by atoms with Gasteiger partial charge >= 0.3 is 0 Å². The molecule has 1 aromatic rings. The molecule has 1 aliphatic heterocycles. The summed E-state index contributed by atoms with van der Waals surface area (Å²) in [6.07, 6.45) is 2.58. The zero-order valence-electron chi connectivity index (χ0n) is 6.97. The lowest BCUT2D eigenvalue weighted by molar-refractivity contribution is 0.0412. The third-order valence-corrected chi connectivity index (χ3v) is 4.15. The molecular formula is C9H11IOS. The summed E-state index contributed by atoms with van der Waals surface area (Å²) in [5.41, 5.74) is 1.44. The van der Waals surface area contributed by atoms with Gasteiger partial charge in [-0.25, -0.2) is 0 Å². The molecule has 12 heavy (non-hydrogen) atoms. The summed E-state index contributed by atoms with van der Waals surface area (Å²) in [5.74, 6) is 0. The lowest BCUT2D eigenvalue weighted by atomic mass is 10.1. The van der Waals surface area contributed by atoms with Crippen molar-refractivity contribution in [2.75, 3.05) is 6.61 Å². The average Bonchev–Trinajstić information content (AvgIpc) is 2.44. The van der Waals surface area contributed by atoms with E-state index in [-0.39, 0.29) is 0 Å². The van der Waals surface area contributed by atoms with Crippen molar-refractivity contribution in [3.8, 4) is 0 Å². The highest BCUT2D eigenvalue weighted by Gasteiger charge is 2.21. The van der Waals surface area contributed by atoms with Crippen LogP contribution in [0.5, 0.6) is 0 Å². The van der Waals surface area contributed by atoms with Crippen molar-refractivity contribution in [3.05, 3.63) is 19.4 Å². The Bertz CT molecular complexity index is 282. The molecule has 0 aliphatic carbocycles. The Hall–Kier alpha value is 0.390. The lowest BCUT2D eigenvalue weighted by Crippen LogP contribution is -2.13. The highest BCUT2D eigenvalue weighted by Crippen LogP contribution is 2.35. The van der Waals surface area contributed by atoms with Gasteiger partial charge in [-0.2, -0.15) is 0 Å². The van der Waals surface area contributed by atoms with Crippen molar-refractivity contribution < 1.29 is 4.74 Å². The first-order valence-electron chi connectivity index (χ1n) is 4.21. The third-order valence-electron chi connectivity index (χ3n) is 2.18. The molecule has 0 aromatic carbocycles. The fourth-order valence-electron chi connectivity index (χ4n) is 1.60. The molecule has 1 atom stereocenters. The molecule has 0 spiro atoms. The maximum absolute atomic E-state index is 5.67. The summed E-state index contributed by atoms with van der Waals surface area (Å²) in [5, 5.41) is 0. The van der Waals surface area contributed by atoms with Crippen LogP contribution in [0, 0.1) is 2.88 Å². The number of halogens is 1. The van der Waals surface area contributed by atoms with Crippen LogP contribution in [0.15, 0.2) is 6.07 Å². The average molecular weight is 294 g/mol. The Morgan fingerprint density at radius 2 is 2.58 bits per heavy atom. The summed E-state index contributed by atoms with van der Waals surface area (Å²) < 4.78 is 7.06. The fraction of sp³-hybridized carbons (Fsp3) is 0.556. The van der Waals surface area contributed by atoms with Gasteiger partial charge in [0, 0.05) is 11.3 Å². The van der Waals surface area contributed by atoms with E-state index in [4.69, 9.17) is 4.74 Å². The second-order valence-electron chi connectivity index (χ2n) is 2.95. The minimum atomic E-state index is 0.369. The Labute approximate surface area is 90.3 Å². The summed E-state index contributed by atoms with van der Waals surface area (Å²) in [6.45, 7) is 3.09. The van der Waals surface area contributed by atoms with Gasteiger partial charge in [0.2, 0.25) is 0 Å². The van der Waals surface area contributed by atoms with Crippen LogP contribution in [0.25, 0.3) is 0 Å². The van der Waals surface area contributed by atoms with Crippen molar-refractivity contribution >= 4 is 33.9 Å². The second-order valence-corrected chi connectivity index (χ2v) is 5.98. The van der Waals surface area contributed by atoms with Crippen molar-refractivity contribution in [1.82, 2.24) is 0 Å². The minimum Gasteiger partial charge on any atom is -0.373 e. The molecule has 0 radical (unpaired) electrons. The van der Waals surface area contributed by atoms with Crippen molar-refractivity contribution in [1.29, 1.82) is 0 Å². The van der Waals surface area contributed by atoms with E-state index in [0.29, 0.717) is 6.10 Å². The zero-order chi connectivity index (χ0) is 8.55. The summed E-state index contributed by atoms with van der Waals surface area (Å²) >= 11 is 4.31. The smallest absolute Gasteiger partial charge is 0.0833 e. The van der Waals surface area contributed by atoms with Crippen LogP contribution < -0.4 is 0 Å². The Morgan fingerprint density at radius 1 is 1.75 bits per heavy atom. The first-order chi connectivity index (χ1) is 5.81. The van der Waals surface area contributed by atoms with Crippen molar-refractivity contribution in [3.63, 3.8) is 0 Å². The van der Waals surface area contributed by atoms with Crippen molar-refractivity contribution in [2.24, 2.45) is 0 Å². The van der Waals surface area contributed by atoms with Crippen molar-refractivity contribution in [2.45, 2.75) is 25.9 Å². The zero-order valence-corrected chi connectivity index (χ0v) is 9.94. The molecule has 1 aromatic heterocycles. The molecule has 2 heterocycles. The highest BCUT2D eigenvalue weighted by molar-refractivity contribution is 14.1. The molecule has 0 saturated heterocycles. The van der Waals surface area contributed by atoms with E-state index in [1.807, 2.05) is 11.3 Å². The number of hydrogen-bond donors (Lipinski definition) is 0. The van der Waals surface area contributed by atoms with Crippen LogP contribution in [0.1, 0.15) is 29.9 Å². The Kier molecular flexibility index (Phi) is 2.72. The van der Waals surface area contributed by atoms with Crippen LogP contribution in [-0.4, -0.2) is 6.61 Å². The number of fused-ring (bicyclic) bond motifs is 1. The topological polar surface area (TPSA) is 9.23 Å². The van der Waals surface area contributed by atoms with Gasteiger partial charge in [0.1, 0.15) is 0 Å². The third kappa shape index (κ3) is 1.54. The Morgan fingerprint density at radius 3 is 3.33 bits per heavy atom. The van der Waals surface area contributed by atoms with E-state index in [1.54, 1.807) is 0 Å². The van der Waals surface area contributed by atoms with Crippen LogP contribution in [0.4, 0.5) is 0 Å². The summed E-state index contributed by atoms with van der Waals surface area (Å²) in [4.78, 5) is 1.54. The van der Waals surface area contributed by atoms with E-state index >= 15 is 0 Å². The normalized spacial score (nSPS) is 22.3. The van der Waals surface area contributed by atoms with E-state index < -0.39 is 0 Å². The highest BCUT2D eigenvalue weighted by atomic mass is 127. The maximum atomic E-state index is 5.67. The molecule has 66 valence electrons. The second kappa shape index (κ2) is 3.64. The molecule has 0 fully saturated rings. The lowest BCUT2D eigenvalue weighted by Gasteiger charge is -2.21. The molecule has 1 nitrogen and oxygen atoms in total. The predicted octanol–water partition coefficient (Wildman–Crippen LogP) is 3.38. The Balaban J connectivity index is 2.36. The number of hydrogen-bond acceptors (Lipinski definition) is 2. The van der Waals surface area contributed by atoms with Crippen LogP contribution >= 0.6 is 33.9 Å². The monoisotopic (exact) mass is 294 g/mol. The molecule has 1 unspecified atom stereocenters. The van der Waals surface area contributed by atoms with E-state index in [0.717, 1.165) is 19.4 Å². The van der Waals surface area contributed by atoms with Gasteiger partial charge < -0.3 is 4.74 Å². The molecule has 1 aliphatic rings. The molecule has 0 saturated carbocycles. The van der Waals surface area contributed by atoms with Gasteiger partial charge in [0.05, 0.1) is 15.6 Å². The van der Waals surface area contributed by atoms with Gasteiger partial charge in [0.15, 0.2) is 0 Å². The van der Waals surface area contributed by atoms with Gasteiger partial charge in [-0.3, -0.25) is 0 Å². The molecular weight excluding hydrogens is 283 g/mol. The van der Waals surface area contributed by atoms with E-state index in [1.165, 1.54) is 13.3 Å². The molecule has 0 bridgehead atoms. The van der Waals surface area contributed by atoms with Gasteiger partial charge in [0.25, 0.3) is 0 Å².